The van der Waals surface area contributed by atoms with Gasteiger partial charge in [-0.1, -0.05) is 46.4 Å². The summed E-state index contributed by atoms with van der Waals surface area (Å²) in [7, 11) is 0. The topological polar surface area (TPSA) is 137 Å². The van der Waals surface area contributed by atoms with Crippen LogP contribution in [0.25, 0.3) is 0 Å². The number of hydrazone groups is 1. The molecule has 0 atom stereocenters. The van der Waals surface area contributed by atoms with Crippen molar-refractivity contribution in [2.75, 3.05) is 13.2 Å². The molecule has 0 bridgehead atoms. The van der Waals surface area contributed by atoms with Crippen LogP contribution in [-0.4, -0.2) is 49.6 Å². The van der Waals surface area contributed by atoms with Crippen molar-refractivity contribution in [1.29, 1.82) is 0 Å². The van der Waals surface area contributed by atoms with E-state index in [1.54, 1.807) is 10.9 Å². The summed E-state index contributed by atoms with van der Waals surface area (Å²) in [4.78, 5) is 21.9. The molecule has 0 radical (unpaired) electrons. The summed E-state index contributed by atoms with van der Waals surface area (Å²) in [5.41, 5.74) is 2.68. The number of aliphatic hydroxyl groups is 2. The smallest absolute Gasteiger partial charge is 0.330 e. The van der Waals surface area contributed by atoms with Crippen LogP contribution in [0.15, 0.2) is 5.10 Å². The van der Waals surface area contributed by atoms with Gasteiger partial charge in [0.2, 0.25) is 0 Å². The van der Waals surface area contributed by atoms with Gasteiger partial charge in [0.15, 0.2) is 8.67 Å². The fraction of sp³-hybridized carbons (Fsp3) is 0.571. The lowest BCUT2D eigenvalue weighted by molar-refractivity contribution is -0.139. The molecular weight excluding hydrogens is 346 g/mol. The number of nitrogens with two attached hydrogens (primary N) is 1. The predicted molar refractivity (Wildman–Crippen MR) is 71.0 cm³/mol. The number of carbonyl (C=O) groups excluding carboxylic acids is 2. The van der Waals surface area contributed by atoms with E-state index in [-0.39, 0.29) is 0 Å². The molecule has 0 aromatic carbocycles. The zero-order valence-electron chi connectivity index (χ0n) is 9.16. The van der Waals surface area contributed by atoms with Crippen LogP contribution in [0.3, 0.4) is 0 Å². The number of halogens is 4. The molecule has 0 aromatic heterocycles. The minimum atomic E-state index is -2.08. The number of hydrogen-bond acceptors (Lipinski definition) is 6. The SMILES string of the molecule is NNC(=O)C(=O)NN=C(C(Cl)(Cl)CO)C(Cl)(Cl)CO. The first-order valence-corrected chi connectivity index (χ1v) is 6.00. The summed E-state index contributed by atoms with van der Waals surface area (Å²) in [6.07, 6.45) is 0. The number of nitrogens with zero attached hydrogens (tertiary/aromatic N) is 1. The van der Waals surface area contributed by atoms with Crippen LogP contribution in [0, 0.1) is 0 Å². The Morgan fingerprint density at radius 2 is 1.47 bits per heavy atom. The van der Waals surface area contributed by atoms with Gasteiger partial charge < -0.3 is 10.2 Å². The second-order valence-corrected chi connectivity index (χ2v) is 6.07. The van der Waals surface area contributed by atoms with E-state index in [9.17, 15) is 9.59 Å². The lowest BCUT2D eigenvalue weighted by Crippen LogP contribution is -2.47. The Morgan fingerprint density at radius 1 is 1.05 bits per heavy atom. The molecule has 0 heterocycles. The lowest BCUT2D eigenvalue weighted by Gasteiger charge is -2.27. The van der Waals surface area contributed by atoms with Crippen molar-refractivity contribution in [2.24, 2.45) is 10.9 Å². The van der Waals surface area contributed by atoms with Crippen molar-refractivity contribution < 1.29 is 19.8 Å². The number of rotatable bonds is 5. The first kappa shape index (κ1) is 18.7. The van der Waals surface area contributed by atoms with Gasteiger partial charge in [0.1, 0.15) is 5.71 Å². The van der Waals surface area contributed by atoms with Crippen molar-refractivity contribution in [1.82, 2.24) is 10.9 Å². The molecule has 19 heavy (non-hydrogen) atoms. The molecule has 6 N–H and O–H groups in total. The van der Waals surface area contributed by atoms with Gasteiger partial charge in [-0.15, -0.1) is 0 Å². The minimum absolute atomic E-state index is 0.574. The normalized spacial score (nSPS) is 11.7. The highest BCUT2D eigenvalue weighted by molar-refractivity contribution is 6.69. The predicted octanol–water partition coefficient (Wildman–Crippen LogP) is -1.22. The van der Waals surface area contributed by atoms with Crippen molar-refractivity contribution in [3.8, 4) is 0 Å². The number of hydrogen-bond donors (Lipinski definition) is 5. The highest BCUT2D eigenvalue weighted by Gasteiger charge is 2.44. The van der Waals surface area contributed by atoms with E-state index in [4.69, 9.17) is 62.5 Å². The number of nitrogens with one attached hydrogen (secondary N) is 2. The van der Waals surface area contributed by atoms with Crippen molar-refractivity contribution >= 4 is 63.9 Å². The van der Waals surface area contributed by atoms with Crippen molar-refractivity contribution in [3.63, 3.8) is 0 Å². The fourth-order valence-electron chi connectivity index (χ4n) is 0.804. The Kier molecular flexibility index (Phi) is 7.30. The third-order valence-electron chi connectivity index (χ3n) is 1.70. The standard InChI is InChI=1S/C7H10Cl4N4O4/c8-6(9,1-16)5(7(10,11)2-17)15-14-4(19)3(18)13-12/h16-17H,1-2,12H2,(H,13,18)(H,14,19). The third-order valence-corrected chi connectivity index (χ3v) is 2.89. The first-order valence-electron chi connectivity index (χ1n) is 4.49. The van der Waals surface area contributed by atoms with Gasteiger partial charge in [-0.3, -0.25) is 15.0 Å². The molecule has 0 rings (SSSR count). The highest BCUT2D eigenvalue weighted by atomic mass is 35.5. The van der Waals surface area contributed by atoms with Crippen LogP contribution in [0.1, 0.15) is 0 Å². The fourth-order valence-corrected chi connectivity index (χ4v) is 1.81. The van der Waals surface area contributed by atoms with E-state index in [0.717, 1.165) is 0 Å². The Labute approximate surface area is 127 Å². The van der Waals surface area contributed by atoms with Gasteiger partial charge in [-0.05, 0) is 0 Å². The summed E-state index contributed by atoms with van der Waals surface area (Å²) in [5, 5.41) is 21.3. The van der Waals surface area contributed by atoms with Crippen LogP contribution in [0.5, 0.6) is 0 Å². The molecule has 0 fully saturated rings. The summed E-state index contributed by atoms with van der Waals surface area (Å²) in [6, 6.07) is 0. The van der Waals surface area contributed by atoms with Crippen molar-refractivity contribution in [3.05, 3.63) is 0 Å². The Morgan fingerprint density at radius 3 is 1.79 bits per heavy atom. The highest BCUT2D eigenvalue weighted by Crippen LogP contribution is 2.34. The van der Waals surface area contributed by atoms with Crippen LogP contribution in [0.4, 0.5) is 0 Å². The second-order valence-electron chi connectivity index (χ2n) is 3.10. The molecule has 0 saturated heterocycles. The Bertz CT molecular complexity index is 369. The van der Waals surface area contributed by atoms with Gasteiger partial charge >= 0.3 is 11.8 Å². The molecule has 0 aromatic rings. The minimum Gasteiger partial charge on any atom is -0.393 e. The number of carbonyl (C=O) groups is 2. The van der Waals surface area contributed by atoms with Gasteiger partial charge in [-0.2, -0.15) is 5.10 Å². The molecule has 8 nitrogen and oxygen atoms in total. The van der Waals surface area contributed by atoms with E-state index in [2.05, 4.69) is 5.10 Å². The Hall–Kier alpha value is -0.350. The van der Waals surface area contributed by atoms with E-state index < -0.39 is 39.4 Å². The molecule has 110 valence electrons. The Balaban J connectivity index is 5.28. The van der Waals surface area contributed by atoms with Gasteiger partial charge in [0.05, 0.1) is 13.2 Å². The maximum atomic E-state index is 11.1. The molecule has 0 spiro atoms. The average molecular weight is 356 g/mol. The maximum absolute atomic E-state index is 11.1. The third kappa shape index (κ3) is 5.27. The summed E-state index contributed by atoms with van der Waals surface area (Å²) >= 11 is 22.7. The molecule has 12 heteroatoms. The van der Waals surface area contributed by atoms with Crippen LogP contribution >= 0.6 is 46.4 Å². The monoisotopic (exact) mass is 354 g/mol. The van der Waals surface area contributed by atoms with Crippen molar-refractivity contribution in [2.45, 2.75) is 8.67 Å². The van der Waals surface area contributed by atoms with E-state index in [1.807, 2.05) is 0 Å². The van der Waals surface area contributed by atoms with Crippen LogP contribution in [-0.2, 0) is 9.59 Å². The molecule has 0 unspecified atom stereocenters. The summed E-state index contributed by atoms with van der Waals surface area (Å²) < 4.78 is -4.17. The molecule has 0 aliphatic rings. The molecule has 0 saturated carbocycles. The largest absolute Gasteiger partial charge is 0.393 e. The molecule has 0 aliphatic carbocycles. The van der Waals surface area contributed by atoms with Crippen LogP contribution < -0.4 is 16.7 Å². The summed E-state index contributed by atoms with van der Waals surface area (Å²) in [5.74, 6) is 2.24. The van der Waals surface area contributed by atoms with E-state index in [0.29, 0.717) is 0 Å². The molecule has 0 aliphatic heterocycles. The first-order chi connectivity index (χ1) is 8.62. The number of alkyl halides is 4. The number of aliphatic hydroxyl groups excluding tert-OH is 2. The second kappa shape index (κ2) is 7.44. The summed E-state index contributed by atoms with van der Waals surface area (Å²) in [6.45, 7) is -1.73. The number of amides is 2. The quantitative estimate of drug-likeness (QED) is 0.105. The van der Waals surface area contributed by atoms with Gasteiger partial charge in [0, 0.05) is 0 Å². The zero-order valence-corrected chi connectivity index (χ0v) is 12.2. The zero-order chi connectivity index (χ0) is 15.3. The maximum Gasteiger partial charge on any atom is 0.330 e. The van der Waals surface area contributed by atoms with E-state index >= 15 is 0 Å². The molecule has 2 amide bonds. The molecular formula is C7H10Cl4N4O4. The van der Waals surface area contributed by atoms with Gasteiger partial charge in [-0.25, -0.2) is 11.3 Å². The van der Waals surface area contributed by atoms with E-state index in [1.165, 1.54) is 0 Å². The number of hydrazine groups is 1. The van der Waals surface area contributed by atoms with Crippen LogP contribution in [0.2, 0.25) is 0 Å². The van der Waals surface area contributed by atoms with Gasteiger partial charge in [0.25, 0.3) is 0 Å². The lowest BCUT2D eigenvalue weighted by atomic mass is 10.2. The average Bonchev–Trinajstić information content (AvgIpc) is 2.37.